The lowest BCUT2D eigenvalue weighted by Crippen LogP contribution is -2.38. The summed E-state index contributed by atoms with van der Waals surface area (Å²) in [7, 11) is 3.58. The predicted molar refractivity (Wildman–Crippen MR) is 110 cm³/mol. The predicted octanol–water partition coefficient (Wildman–Crippen LogP) is 5.65. The third-order valence-corrected chi connectivity index (χ3v) is 4.64. The molecule has 134 valence electrons. The van der Waals surface area contributed by atoms with Gasteiger partial charge in [0.25, 0.3) is 0 Å². The Balaban J connectivity index is 1.93. The highest BCUT2D eigenvalue weighted by Crippen LogP contribution is 2.24. The Morgan fingerprint density at radius 1 is 0.885 bits per heavy atom. The maximum Gasteiger partial charge on any atom is 0.324 e. The van der Waals surface area contributed by atoms with E-state index in [-0.39, 0.29) is 6.03 Å². The molecule has 2 amide bonds. The molecule has 3 aromatic rings. The molecule has 0 aliphatic rings. The fourth-order valence-corrected chi connectivity index (χ4v) is 3.07. The van der Waals surface area contributed by atoms with Crippen molar-refractivity contribution >= 4 is 22.5 Å². The van der Waals surface area contributed by atoms with Gasteiger partial charge in [-0.2, -0.15) is 0 Å². The molecule has 3 rings (SSSR count). The average molecular weight is 346 g/mol. The van der Waals surface area contributed by atoms with Gasteiger partial charge in [0.15, 0.2) is 0 Å². The van der Waals surface area contributed by atoms with Gasteiger partial charge in [0, 0.05) is 19.8 Å². The van der Waals surface area contributed by atoms with E-state index in [4.69, 9.17) is 0 Å². The van der Waals surface area contributed by atoms with E-state index in [0.29, 0.717) is 12.5 Å². The molecule has 3 nitrogen and oxygen atoms in total. The first-order chi connectivity index (χ1) is 12.5. The highest BCUT2D eigenvalue weighted by atomic mass is 16.2. The minimum absolute atomic E-state index is 0.0181. The third-order valence-electron chi connectivity index (χ3n) is 4.64. The maximum atomic E-state index is 12.8. The standard InChI is InChI=1S/C23H26N2O/c1-17(2)19-11-13-22(14-12-19)25(23(26)24(3)4)16-18-9-10-20-7-5-6-8-21(20)15-18/h5-15,17H,16H2,1-4H3. The molecule has 0 fully saturated rings. The lowest BCUT2D eigenvalue weighted by Gasteiger charge is -2.27. The summed E-state index contributed by atoms with van der Waals surface area (Å²) in [4.78, 5) is 16.2. The lowest BCUT2D eigenvalue weighted by molar-refractivity contribution is 0.223. The van der Waals surface area contributed by atoms with Crippen LogP contribution in [0, 0.1) is 0 Å². The summed E-state index contributed by atoms with van der Waals surface area (Å²) in [5.41, 5.74) is 3.31. The number of urea groups is 1. The number of nitrogens with zero attached hydrogens (tertiary/aromatic N) is 2. The second-order valence-corrected chi connectivity index (χ2v) is 7.19. The lowest BCUT2D eigenvalue weighted by atomic mass is 10.0. The molecule has 0 saturated carbocycles. The molecule has 0 N–H and O–H groups in total. The Bertz CT molecular complexity index is 897. The van der Waals surface area contributed by atoms with Gasteiger partial charge in [-0.1, -0.05) is 62.4 Å². The Hall–Kier alpha value is -2.81. The van der Waals surface area contributed by atoms with Gasteiger partial charge in [0.1, 0.15) is 0 Å². The van der Waals surface area contributed by atoms with Crippen molar-refractivity contribution in [1.29, 1.82) is 0 Å². The number of amides is 2. The van der Waals surface area contributed by atoms with Crippen LogP contribution < -0.4 is 4.90 Å². The number of anilines is 1. The Kier molecular flexibility index (Phi) is 5.27. The van der Waals surface area contributed by atoms with Gasteiger partial charge in [-0.15, -0.1) is 0 Å². The van der Waals surface area contributed by atoms with Crippen LogP contribution in [0.5, 0.6) is 0 Å². The van der Waals surface area contributed by atoms with E-state index in [0.717, 1.165) is 11.3 Å². The van der Waals surface area contributed by atoms with Crippen molar-refractivity contribution < 1.29 is 4.79 Å². The van der Waals surface area contributed by atoms with Crippen LogP contribution in [0.4, 0.5) is 10.5 Å². The Labute approximate surface area is 155 Å². The van der Waals surface area contributed by atoms with Crippen LogP contribution in [0.15, 0.2) is 66.7 Å². The summed E-state index contributed by atoms with van der Waals surface area (Å²) in [6, 6.07) is 22.9. The summed E-state index contributed by atoms with van der Waals surface area (Å²) in [5, 5.41) is 2.40. The first-order valence-electron chi connectivity index (χ1n) is 9.02. The zero-order chi connectivity index (χ0) is 18.7. The first-order valence-corrected chi connectivity index (χ1v) is 9.02. The molecular weight excluding hydrogens is 320 g/mol. The van der Waals surface area contributed by atoms with E-state index in [1.165, 1.54) is 16.3 Å². The van der Waals surface area contributed by atoms with E-state index in [1.54, 1.807) is 19.0 Å². The maximum absolute atomic E-state index is 12.8. The zero-order valence-corrected chi connectivity index (χ0v) is 15.9. The van der Waals surface area contributed by atoms with Gasteiger partial charge >= 0.3 is 6.03 Å². The molecule has 26 heavy (non-hydrogen) atoms. The molecule has 0 aromatic heterocycles. The normalized spacial score (nSPS) is 11.0. The molecule has 3 heteroatoms. The van der Waals surface area contributed by atoms with E-state index in [9.17, 15) is 4.79 Å². The van der Waals surface area contributed by atoms with Gasteiger partial charge in [-0.05, 0) is 46.0 Å². The van der Waals surface area contributed by atoms with Crippen molar-refractivity contribution in [3.05, 3.63) is 77.9 Å². The zero-order valence-electron chi connectivity index (χ0n) is 15.9. The monoisotopic (exact) mass is 346 g/mol. The molecule has 0 atom stereocenters. The molecule has 0 aliphatic carbocycles. The number of benzene rings is 3. The van der Waals surface area contributed by atoms with Gasteiger partial charge in [-0.3, -0.25) is 4.90 Å². The van der Waals surface area contributed by atoms with Crippen LogP contribution in [0.3, 0.4) is 0 Å². The second kappa shape index (κ2) is 7.61. The van der Waals surface area contributed by atoms with Crippen LogP contribution in [0.2, 0.25) is 0 Å². The fourth-order valence-electron chi connectivity index (χ4n) is 3.07. The van der Waals surface area contributed by atoms with Crippen molar-refractivity contribution in [2.75, 3.05) is 19.0 Å². The smallest absolute Gasteiger partial charge is 0.324 e. The van der Waals surface area contributed by atoms with E-state index < -0.39 is 0 Å². The van der Waals surface area contributed by atoms with Crippen molar-refractivity contribution in [2.45, 2.75) is 26.3 Å². The summed E-state index contributed by atoms with van der Waals surface area (Å²) in [6.07, 6.45) is 0. The third kappa shape index (κ3) is 3.88. The first kappa shape index (κ1) is 18.0. The fraction of sp³-hybridized carbons (Fsp3) is 0.261. The number of hydrogen-bond acceptors (Lipinski definition) is 1. The summed E-state index contributed by atoms with van der Waals surface area (Å²) in [6.45, 7) is 4.89. The van der Waals surface area contributed by atoms with Crippen molar-refractivity contribution in [2.24, 2.45) is 0 Å². The average Bonchev–Trinajstić information content (AvgIpc) is 2.65. The van der Waals surface area contributed by atoms with E-state index in [1.807, 2.05) is 29.2 Å². The number of carbonyl (C=O) groups excluding carboxylic acids is 1. The molecule has 0 aliphatic heterocycles. The quantitative estimate of drug-likeness (QED) is 0.598. The molecule has 0 bridgehead atoms. The van der Waals surface area contributed by atoms with Crippen LogP contribution in [-0.2, 0) is 6.54 Å². The van der Waals surface area contributed by atoms with Gasteiger partial charge < -0.3 is 4.90 Å². The number of fused-ring (bicyclic) bond motifs is 1. The van der Waals surface area contributed by atoms with Crippen LogP contribution >= 0.6 is 0 Å². The molecule has 0 unspecified atom stereocenters. The largest absolute Gasteiger partial charge is 0.330 e. The summed E-state index contributed by atoms with van der Waals surface area (Å²) >= 11 is 0. The SMILES string of the molecule is CC(C)c1ccc(N(Cc2ccc3ccccc3c2)C(=O)N(C)C)cc1. The van der Waals surface area contributed by atoms with Crippen molar-refractivity contribution in [1.82, 2.24) is 4.90 Å². The van der Waals surface area contributed by atoms with Gasteiger partial charge in [0.05, 0.1) is 6.54 Å². The minimum atomic E-state index is -0.0181. The van der Waals surface area contributed by atoms with Gasteiger partial charge in [-0.25, -0.2) is 4.79 Å². The number of rotatable bonds is 4. The van der Waals surface area contributed by atoms with E-state index in [2.05, 4.69) is 56.3 Å². The van der Waals surface area contributed by atoms with Gasteiger partial charge in [0.2, 0.25) is 0 Å². The minimum Gasteiger partial charge on any atom is -0.330 e. The van der Waals surface area contributed by atoms with Crippen molar-refractivity contribution in [3.63, 3.8) is 0 Å². The Morgan fingerprint density at radius 3 is 2.15 bits per heavy atom. The molecular formula is C23H26N2O. The molecule has 0 saturated heterocycles. The molecule has 3 aromatic carbocycles. The topological polar surface area (TPSA) is 23.6 Å². The molecule has 0 heterocycles. The molecule has 0 spiro atoms. The van der Waals surface area contributed by atoms with Crippen LogP contribution in [-0.4, -0.2) is 25.0 Å². The summed E-state index contributed by atoms with van der Waals surface area (Å²) in [5.74, 6) is 0.475. The summed E-state index contributed by atoms with van der Waals surface area (Å²) < 4.78 is 0. The molecule has 0 radical (unpaired) electrons. The van der Waals surface area contributed by atoms with E-state index >= 15 is 0 Å². The van der Waals surface area contributed by atoms with Crippen molar-refractivity contribution in [3.8, 4) is 0 Å². The number of carbonyl (C=O) groups is 1. The highest BCUT2D eigenvalue weighted by Gasteiger charge is 2.18. The van der Waals surface area contributed by atoms with Crippen LogP contribution in [0.1, 0.15) is 30.9 Å². The highest BCUT2D eigenvalue weighted by molar-refractivity contribution is 5.92. The second-order valence-electron chi connectivity index (χ2n) is 7.19. The van der Waals surface area contributed by atoms with Crippen LogP contribution in [0.25, 0.3) is 10.8 Å². The Morgan fingerprint density at radius 2 is 1.54 bits per heavy atom. The number of hydrogen-bond donors (Lipinski definition) is 0.